The van der Waals surface area contributed by atoms with E-state index in [-0.39, 0.29) is 23.9 Å². The summed E-state index contributed by atoms with van der Waals surface area (Å²) in [6.07, 6.45) is 0.775. The van der Waals surface area contributed by atoms with Crippen molar-refractivity contribution in [2.75, 3.05) is 31.2 Å². The lowest BCUT2D eigenvalue weighted by Gasteiger charge is -2.40. The first-order chi connectivity index (χ1) is 14.0. The van der Waals surface area contributed by atoms with Gasteiger partial charge < -0.3 is 24.4 Å². The largest absolute Gasteiger partial charge is 0.489 e. The number of fused-ring (bicyclic) bond motifs is 1. The topological polar surface area (TPSA) is 60.0 Å². The Morgan fingerprint density at radius 2 is 1.83 bits per heavy atom. The molecule has 0 radical (unpaired) electrons. The second-order valence-corrected chi connectivity index (χ2v) is 7.44. The van der Waals surface area contributed by atoms with Crippen LogP contribution in [0.1, 0.15) is 31.9 Å². The second-order valence-electron chi connectivity index (χ2n) is 7.44. The van der Waals surface area contributed by atoms with Crippen molar-refractivity contribution in [2.45, 2.75) is 32.4 Å². The third kappa shape index (κ3) is 4.39. The number of benzene rings is 2. The highest BCUT2D eigenvalue weighted by atomic mass is 19.1. The lowest BCUT2D eigenvalue weighted by molar-refractivity contribution is -0.119. The molecular weight excluding hydrogens is 375 g/mol. The number of hydrogen-bond donors (Lipinski definition) is 1. The van der Waals surface area contributed by atoms with E-state index >= 15 is 0 Å². The minimum Gasteiger partial charge on any atom is -0.489 e. The maximum absolute atomic E-state index is 14.5. The van der Waals surface area contributed by atoms with E-state index in [0.29, 0.717) is 43.5 Å². The molecule has 2 aromatic carbocycles. The Balaban J connectivity index is 1.35. The Morgan fingerprint density at radius 3 is 2.48 bits per heavy atom. The van der Waals surface area contributed by atoms with Gasteiger partial charge >= 0.3 is 0 Å². The van der Waals surface area contributed by atoms with Gasteiger partial charge in [-0.05, 0) is 24.6 Å². The Bertz CT molecular complexity index is 881. The molecule has 0 spiro atoms. The minimum atomic E-state index is -0.316. The SMILES string of the molecule is CC(=O)N[C@@H](C)c1ccc(OC2CN(c3cc4c(cc3F)OCCCO4)C2)cc1. The summed E-state index contributed by atoms with van der Waals surface area (Å²) in [4.78, 5) is 13.1. The van der Waals surface area contributed by atoms with Crippen LogP contribution in [0.2, 0.25) is 0 Å². The van der Waals surface area contributed by atoms with Crippen molar-refractivity contribution in [3.63, 3.8) is 0 Å². The molecular formula is C22H25FN2O4. The predicted octanol–water partition coefficient (Wildman–Crippen LogP) is 3.45. The first-order valence-corrected chi connectivity index (χ1v) is 9.87. The van der Waals surface area contributed by atoms with Gasteiger partial charge in [0, 0.05) is 25.5 Å². The molecule has 2 aliphatic rings. The molecule has 0 aliphatic carbocycles. The Morgan fingerprint density at radius 1 is 1.17 bits per heavy atom. The van der Waals surface area contributed by atoms with E-state index in [2.05, 4.69) is 5.32 Å². The summed E-state index contributed by atoms with van der Waals surface area (Å²) in [5.74, 6) is 1.43. The maximum atomic E-state index is 14.5. The number of carbonyl (C=O) groups is 1. The first kappa shape index (κ1) is 19.4. The van der Waals surface area contributed by atoms with Crippen LogP contribution >= 0.6 is 0 Å². The van der Waals surface area contributed by atoms with Crippen LogP contribution in [0.15, 0.2) is 36.4 Å². The number of hydrogen-bond acceptors (Lipinski definition) is 5. The molecule has 0 saturated carbocycles. The number of halogens is 1. The highest BCUT2D eigenvalue weighted by Gasteiger charge is 2.31. The summed E-state index contributed by atoms with van der Waals surface area (Å²) in [5.41, 5.74) is 1.52. The van der Waals surface area contributed by atoms with Crippen molar-refractivity contribution in [3.8, 4) is 17.2 Å². The van der Waals surface area contributed by atoms with Crippen molar-refractivity contribution in [3.05, 3.63) is 47.8 Å². The summed E-state index contributed by atoms with van der Waals surface area (Å²) in [7, 11) is 0. The van der Waals surface area contributed by atoms with Crippen molar-refractivity contribution >= 4 is 11.6 Å². The number of ether oxygens (including phenoxy) is 3. The summed E-state index contributed by atoms with van der Waals surface area (Å²) in [6, 6.07) is 10.7. The molecule has 1 amide bonds. The van der Waals surface area contributed by atoms with E-state index in [9.17, 15) is 9.18 Å². The first-order valence-electron chi connectivity index (χ1n) is 9.87. The molecule has 1 N–H and O–H groups in total. The average Bonchev–Trinajstić information content (AvgIpc) is 2.88. The molecule has 1 fully saturated rings. The number of amides is 1. The quantitative estimate of drug-likeness (QED) is 0.833. The van der Waals surface area contributed by atoms with Crippen LogP contribution in [-0.2, 0) is 4.79 Å². The average molecular weight is 400 g/mol. The van der Waals surface area contributed by atoms with Gasteiger partial charge in [0.25, 0.3) is 0 Å². The van der Waals surface area contributed by atoms with E-state index in [1.807, 2.05) is 36.1 Å². The third-order valence-electron chi connectivity index (χ3n) is 5.11. The fourth-order valence-corrected chi connectivity index (χ4v) is 3.54. The second kappa shape index (κ2) is 8.19. The summed E-state index contributed by atoms with van der Waals surface area (Å²) < 4.78 is 31.7. The molecule has 1 saturated heterocycles. The van der Waals surface area contributed by atoms with Gasteiger partial charge in [0.1, 0.15) is 17.7 Å². The molecule has 6 nitrogen and oxygen atoms in total. The van der Waals surface area contributed by atoms with E-state index in [1.165, 1.54) is 13.0 Å². The number of nitrogens with one attached hydrogen (secondary N) is 1. The molecule has 154 valence electrons. The van der Waals surface area contributed by atoms with Crippen LogP contribution in [0.4, 0.5) is 10.1 Å². The van der Waals surface area contributed by atoms with Crippen LogP contribution < -0.4 is 24.4 Å². The summed E-state index contributed by atoms with van der Waals surface area (Å²) >= 11 is 0. The fraction of sp³-hybridized carbons (Fsp3) is 0.409. The van der Waals surface area contributed by atoms with E-state index in [0.717, 1.165) is 17.7 Å². The van der Waals surface area contributed by atoms with Gasteiger partial charge in [-0.15, -0.1) is 0 Å². The van der Waals surface area contributed by atoms with Gasteiger partial charge in [-0.1, -0.05) is 12.1 Å². The van der Waals surface area contributed by atoms with Gasteiger partial charge in [-0.3, -0.25) is 4.79 Å². The van der Waals surface area contributed by atoms with Crippen LogP contribution in [0.25, 0.3) is 0 Å². The van der Waals surface area contributed by atoms with Crippen LogP contribution in [0.3, 0.4) is 0 Å². The molecule has 7 heteroatoms. The third-order valence-corrected chi connectivity index (χ3v) is 5.11. The van der Waals surface area contributed by atoms with Crippen LogP contribution in [0, 0.1) is 5.82 Å². The molecule has 0 aromatic heterocycles. The number of anilines is 1. The van der Waals surface area contributed by atoms with Crippen molar-refractivity contribution < 1.29 is 23.4 Å². The molecule has 0 unspecified atom stereocenters. The molecule has 2 heterocycles. The van der Waals surface area contributed by atoms with Crippen LogP contribution in [-0.4, -0.2) is 38.3 Å². The van der Waals surface area contributed by atoms with Gasteiger partial charge in [-0.25, -0.2) is 4.39 Å². The Kier molecular flexibility index (Phi) is 5.47. The smallest absolute Gasteiger partial charge is 0.217 e. The fourth-order valence-electron chi connectivity index (χ4n) is 3.54. The van der Waals surface area contributed by atoms with Gasteiger partial charge in [0.15, 0.2) is 11.5 Å². The predicted molar refractivity (Wildman–Crippen MR) is 107 cm³/mol. The van der Waals surface area contributed by atoms with Gasteiger partial charge in [0.2, 0.25) is 5.91 Å². The summed E-state index contributed by atoms with van der Waals surface area (Å²) in [6.45, 7) is 5.74. The lowest BCUT2D eigenvalue weighted by Crippen LogP contribution is -2.54. The monoisotopic (exact) mass is 400 g/mol. The number of carbonyl (C=O) groups excluding carboxylic acids is 1. The summed E-state index contributed by atoms with van der Waals surface area (Å²) in [5, 5.41) is 2.86. The maximum Gasteiger partial charge on any atom is 0.217 e. The highest BCUT2D eigenvalue weighted by molar-refractivity contribution is 5.73. The van der Waals surface area contributed by atoms with Gasteiger partial charge in [-0.2, -0.15) is 0 Å². The Labute approximate surface area is 169 Å². The van der Waals surface area contributed by atoms with Crippen molar-refractivity contribution in [1.82, 2.24) is 5.32 Å². The molecule has 2 aromatic rings. The zero-order valence-corrected chi connectivity index (χ0v) is 16.6. The molecule has 0 bridgehead atoms. The normalized spacial score (nSPS) is 17.1. The van der Waals surface area contributed by atoms with E-state index < -0.39 is 0 Å². The number of nitrogens with zero attached hydrogens (tertiary/aromatic N) is 1. The highest BCUT2D eigenvalue weighted by Crippen LogP contribution is 2.37. The van der Waals surface area contributed by atoms with Crippen molar-refractivity contribution in [2.24, 2.45) is 0 Å². The van der Waals surface area contributed by atoms with Crippen LogP contribution in [0.5, 0.6) is 17.2 Å². The molecule has 2 aliphatic heterocycles. The lowest BCUT2D eigenvalue weighted by atomic mass is 10.1. The van der Waals surface area contributed by atoms with Gasteiger partial charge in [0.05, 0.1) is 38.0 Å². The Hall–Kier alpha value is -2.96. The van der Waals surface area contributed by atoms with Crippen molar-refractivity contribution in [1.29, 1.82) is 0 Å². The minimum absolute atomic E-state index is 0.0102. The number of rotatable bonds is 5. The zero-order chi connectivity index (χ0) is 20.4. The zero-order valence-electron chi connectivity index (χ0n) is 16.6. The molecule has 29 heavy (non-hydrogen) atoms. The van der Waals surface area contributed by atoms with E-state index in [1.54, 1.807) is 6.07 Å². The van der Waals surface area contributed by atoms with E-state index in [4.69, 9.17) is 14.2 Å². The molecule has 4 rings (SSSR count). The standard InChI is InChI=1S/C22H25FN2O4/c1-14(24-15(2)26)16-4-6-17(7-5-16)29-18-12-25(13-18)20-11-22-21(10-19(20)23)27-8-3-9-28-22/h4-7,10-11,14,18H,3,8-9,12-13H2,1-2H3,(H,24,26)/t14-/m0/s1. The molecule has 1 atom stereocenters.